The fraction of sp³-hybridized carbons (Fsp3) is 0.310. The van der Waals surface area contributed by atoms with Crippen molar-refractivity contribution in [1.29, 1.82) is 0 Å². The number of halogens is 1. The highest BCUT2D eigenvalue weighted by Crippen LogP contribution is 2.22. The predicted octanol–water partition coefficient (Wildman–Crippen LogP) is 4.69. The van der Waals surface area contributed by atoms with Gasteiger partial charge in [-0.15, -0.1) is 0 Å². The van der Waals surface area contributed by atoms with Gasteiger partial charge >= 0.3 is 0 Å². The highest BCUT2D eigenvalue weighted by molar-refractivity contribution is 9.10. The number of carbonyl (C=O) groups excluding carboxylic acids is 2. The van der Waals surface area contributed by atoms with Gasteiger partial charge in [0, 0.05) is 23.5 Å². The van der Waals surface area contributed by atoms with E-state index in [1.807, 2.05) is 75.4 Å². The van der Waals surface area contributed by atoms with Crippen molar-refractivity contribution in [2.75, 3.05) is 17.1 Å². The molecule has 3 aromatic rings. The zero-order valence-corrected chi connectivity index (χ0v) is 24.5. The first-order valence-electron chi connectivity index (χ1n) is 12.4. The molecule has 0 saturated carbocycles. The summed E-state index contributed by atoms with van der Waals surface area (Å²) in [6, 6.07) is 22.9. The van der Waals surface area contributed by atoms with Gasteiger partial charge in [-0.3, -0.25) is 13.9 Å². The van der Waals surface area contributed by atoms with Crippen LogP contribution in [0.1, 0.15) is 30.5 Å². The molecule has 38 heavy (non-hydrogen) atoms. The summed E-state index contributed by atoms with van der Waals surface area (Å²) in [5.41, 5.74) is 3.13. The van der Waals surface area contributed by atoms with Crippen LogP contribution >= 0.6 is 15.9 Å². The first-order valence-corrected chi connectivity index (χ1v) is 15.0. The molecular weight excluding hydrogens is 566 g/mol. The minimum atomic E-state index is -3.79. The van der Waals surface area contributed by atoms with Crippen LogP contribution in [-0.4, -0.2) is 50.0 Å². The van der Waals surface area contributed by atoms with Crippen LogP contribution < -0.4 is 9.62 Å². The number of rotatable bonds is 11. The first-order chi connectivity index (χ1) is 17.9. The van der Waals surface area contributed by atoms with Crippen LogP contribution in [0.3, 0.4) is 0 Å². The Hall–Kier alpha value is -3.17. The molecule has 7 nitrogen and oxygen atoms in total. The summed E-state index contributed by atoms with van der Waals surface area (Å²) >= 11 is 3.36. The standard InChI is InChI=1S/C29H34BrN3O4S/c1-21(2)31-29(35)27(18-23-10-6-5-7-11-23)32(19-24-12-8-9-22(3)17-24)28(34)20-33(38(4,36)37)26-15-13-25(30)14-16-26/h5-17,21,27H,18-20H2,1-4H3,(H,31,35)/t27-/m0/s1. The number of aryl methyl sites for hydroxylation is 1. The zero-order valence-electron chi connectivity index (χ0n) is 22.1. The highest BCUT2D eigenvalue weighted by atomic mass is 79.9. The van der Waals surface area contributed by atoms with Crippen LogP contribution in [0, 0.1) is 6.92 Å². The molecule has 3 rings (SSSR count). The van der Waals surface area contributed by atoms with E-state index >= 15 is 0 Å². The lowest BCUT2D eigenvalue weighted by Crippen LogP contribution is -2.54. The number of anilines is 1. The van der Waals surface area contributed by atoms with Gasteiger partial charge in [-0.25, -0.2) is 8.42 Å². The number of amides is 2. The van der Waals surface area contributed by atoms with Crippen LogP contribution in [0.15, 0.2) is 83.3 Å². The molecule has 0 aliphatic rings. The summed E-state index contributed by atoms with van der Waals surface area (Å²) < 4.78 is 27.4. The Labute approximate surface area is 234 Å². The number of sulfonamides is 1. The average molecular weight is 601 g/mol. The van der Waals surface area contributed by atoms with Crippen molar-refractivity contribution < 1.29 is 18.0 Å². The summed E-state index contributed by atoms with van der Waals surface area (Å²) in [4.78, 5) is 29.0. The smallest absolute Gasteiger partial charge is 0.244 e. The molecule has 0 aromatic heterocycles. The van der Waals surface area contributed by atoms with E-state index in [1.165, 1.54) is 4.90 Å². The largest absolute Gasteiger partial charge is 0.352 e. The number of hydrogen-bond acceptors (Lipinski definition) is 4. The van der Waals surface area contributed by atoms with Gasteiger partial charge in [0.25, 0.3) is 0 Å². The number of benzene rings is 3. The van der Waals surface area contributed by atoms with E-state index in [0.717, 1.165) is 31.7 Å². The fourth-order valence-corrected chi connectivity index (χ4v) is 5.28. The maximum Gasteiger partial charge on any atom is 0.244 e. The Morgan fingerprint density at radius 2 is 1.55 bits per heavy atom. The maximum atomic E-state index is 14.0. The molecule has 0 spiro atoms. The summed E-state index contributed by atoms with van der Waals surface area (Å²) in [5.74, 6) is -0.765. The Balaban J connectivity index is 2.05. The molecule has 1 N–H and O–H groups in total. The van der Waals surface area contributed by atoms with Crippen molar-refractivity contribution in [3.63, 3.8) is 0 Å². The van der Waals surface area contributed by atoms with Crippen LogP contribution in [0.25, 0.3) is 0 Å². The Kier molecular flexibility index (Phi) is 10.1. The van der Waals surface area contributed by atoms with Gasteiger partial charge in [-0.1, -0.05) is 76.1 Å². The molecule has 2 amide bonds. The van der Waals surface area contributed by atoms with E-state index in [0.29, 0.717) is 5.69 Å². The molecule has 0 fully saturated rings. The van der Waals surface area contributed by atoms with Crippen molar-refractivity contribution >= 4 is 43.5 Å². The van der Waals surface area contributed by atoms with Gasteiger partial charge in [0.15, 0.2) is 0 Å². The van der Waals surface area contributed by atoms with E-state index in [-0.39, 0.29) is 24.9 Å². The van der Waals surface area contributed by atoms with Gasteiger partial charge in [0.2, 0.25) is 21.8 Å². The van der Waals surface area contributed by atoms with Gasteiger partial charge in [-0.2, -0.15) is 0 Å². The summed E-state index contributed by atoms with van der Waals surface area (Å²) in [7, 11) is -3.79. The zero-order chi connectivity index (χ0) is 27.9. The Morgan fingerprint density at radius 1 is 0.921 bits per heavy atom. The second kappa shape index (κ2) is 13.1. The highest BCUT2D eigenvalue weighted by Gasteiger charge is 2.33. The van der Waals surface area contributed by atoms with Crippen molar-refractivity contribution in [1.82, 2.24) is 10.2 Å². The summed E-state index contributed by atoms with van der Waals surface area (Å²) in [5, 5.41) is 2.95. The third kappa shape index (κ3) is 8.43. The third-order valence-corrected chi connectivity index (χ3v) is 7.60. The van der Waals surface area contributed by atoms with Crippen molar-refractivity contribution in [2.24, 2.45) is 0 Å². The van der Waals surface area contributed by atoms with E-state index in [9.17, 15) is 18.0 Å². The molecule has 0 bridgehead atoms. The van der Waals surface area contributed by atoms with Crippen LogP contribution in [-0.2, 0) is 32.6 Å². The van der Waals surface area contributed by atoms with Crippen LogP contribution in [0.5, 0.6) is 0 Å². The van der Waals surface area contributed by atoms with Crippen molar-refractivity contribution in [3.8, 4) is 0 Å². The van der Waals surface area contributed by atoms with Gasteiger partial charge in [0.05, 0.1) is 11.9 Å². The number of nitrogens with one attached hydrogen (secondary N) is 1. The second-order valence-electron chi connectivity index (χ2n) is 9.63. The van der Waals surface area contributed by atoms with E-state index in [4.69, 9.17) is 0 Å². The molecule has 0 heterocycles. The monoisotopic (exact) mass is 599 g/mol. The van der Waals surface area contributed by atoms with E-state index < -0.39 is 28.5 Å². The van der Waals surface area contributed by atoms with Crippen LogP contribution in [0.4, 0.5) is 5.69 Å². The summed E-state index contributed by atoms with van der Waals surface area (Å²) in [6.45, 7) is 5.40. The van der Waals surface area contributed by atoms with E-state index in [2.05, 4.69) is 21.2 Å². The topological polar surface area (TPSA) is 86.8 Å². The Bertz CT molecular complexity index is 1350. The average Bonchev–Trinajstić information content (AvgIpc) is 2.85. The molecule has 3 aromatic carbocycles. The lowest BCUT2D eigenvalue weighted by molar-refractivity contribution is -0.140. The van der Waals surface area contributed by atoms with Gasteiger partial charge < -0.3 is 10.2 Å². The predicted molar refractivity (Wildman–Crippen MR) is 155 cm³/mol. The normalized spacial score (nSPS) is 12.2. The van der Waals surface area contributed by atoms with Crippen LogP contribution in [0.2, 0.25) is 0 Å². The molecule has 0 saturated heterocycles. The molecule has 0 unspecified atom stereocenters. The summed E-state index contributed by atoms with van der Waals surface area (Å²) in [6.07, 6.45) is 1.36. The minimum absolute atomic E-state index is 0.132. The van der Waals surface area contributed by atoms with Crippen molar-refractivity contribution in [2.45, 2.75) is 45.8 Å². The second-order valence-corrected chi connectivity index (χ2v) is 12.4. The first kappa shape index (κ1) is 29.4. The van der Waals surface area contributed by atoms with Gasteiger partial charge in [-0.05, 0) is 56.2 Å². The number of nitrogens with zero attached hydrogens (tertiary/aromatic N) is 2. The SMILES string of the molecule is Cc1cccc(CN(C(=O)CN(c2ccc(Br)cc2)S(C)(=O)=O)[C@@H](Cc2ccccc2)C(=O)NC(C)C)c1. The van der Waals surface area contributed by atoms with Crippen molar-refractivity contribution in [3.05, 3.63) is 100 Å². The fourth-order valence-electron chi connectivity index (χ4n) is 4.16. The maximum absolute atomic E-state index is 14.0. The lowest BCUT2D eigenvalue weighted by atomic mass is 10.0. The van der Waals surface area contributed by atoms with Gasteiger partial charge in [0.1, 0.15) is 12.6 Å². The molecule has 0 radical (unpaired) electrons. The quantitative estimate of drug-likeness (QED) is 0.346. The van der Waals surface area contributed by atoms with E-state index in [1.54, 1.807) is 24.3 Å². The third-order valence-electron chi connectivity index (χ3n) is 5.93. The number of hydrogen-bond donors (Lipinski definition) is 1. The molecule has 1 atom stereocenters. The Morgan fingerprint density at radius 3 is 2.13 bits per heavy atom. The molecular formula is C29H34BrN3O4S. The molecule has 0 aliphatic carbocycles. The number of carbonyl (C=O) groups is 2. The molecule has 0 aliphatic heterocycles. The molecule has 9 heteroatoms. The minimum Gasteiger partial charge on any atom is -0.352 e. The molecule has 202 valence electrons. The lowest BCUT2D eigenvalue weighted by Gasteiger charge is -2.34.